The van der Waals surface area contributed by atoms with Crippen molar-refractivity contribution >= 4 is 34.2 Å². The Bertz CT molecular complexity index is 920. The van der Waals surface area contributed by atoms with Crippen LogP contribution in [-0.4, -0.2) is 14.1 Å². The molecule has 0 fully saturated rings. The normalized spacial score (nSPS) is 10.8. The van der Waals surface area contributed by atoms with Crippen LogP contribution in [0, 0.1) is 0 Å². The first-order valence-electron chi connectivity index (χ1n) is 9.57. The average Bonchev–Trinajstić information content (AvgIpc) is 2.77. The van der Waals surface area contributed by atoms with Gasteiger partial charge in [-0.2, -0.15) is 0 Å². The van der Waals surface area contributed by atoms with E-state index < -0.39 is 7.26 Å². The van der Waals surface area contributed by atoms with Crippen LogP contribution in [0.2, 0.25) is 0 Å². The number of halogens is 1. The number of benzene rings is 4. The predicted octanol–water partition coefficient (Wildman–Crippen LogP) is 1.38. The summed E-state index contributed by atoms with van der Waals surface area (Å²) in [5.74, 6) is 0. The number of rotatable bonds is 5. The molecule has 0 aliphatic carbocycles. The van der Waals surface area contributed by atoms with E-state index in [2.05, 4.69) is 134 Å². The average molecular weight is 509 g/mol. The Labute approximate surface area is 191 Å². The molecule has 146 valence electrons. The first-order chi connectivity index (χ1) is 13.7. The maximum absolute atomic E-state index is 2.32. The van der Waals surface area contributed by atoms with E-state index in [4.69, 9.17) is 0 Å². The van der Waals surface area contributed by atoms with Crippen molar-refractivity contribution in [3.63, 3.8) is 0 Å². The number of hydrogen-bond acceptors (Lipinski definition) is 1. The van der Waals surface area contributed by atoms with Gasteiger partial charge in [0, 0.05) is 19.8 Å². The molecule has 0 amide bonds. The Balaban J connectivity index is 0.00000240. The number of anilines is 1. The molecule has 0 aromatic heterocycles. The van der Waals surface area contributed by atoms with Crippen molar-refractivity contribution in [3.05, 3.63) is 115 Å². The van der Waals surface area contributed by atoms with E-state index in [-0.39, 0.29) is 24.0 Å². The van der Waals surface area contributed by atoms with Crippen LogP contribution in [0.15, 0.2) is 115 Å². The monoisotopic (exact) mass is 509 g/mol. The highest BCUT2D eigenvalue weighted by Crippen LogP contribution is 2.54. The van der Waals surface area contributed by atoms with Crippen LogP contribution in [0.4, 0.5) is 5.69 Å². The first-order valence-corrected chi connectivity index (χ1v) is 11.4. The molecule has 4 aromatic rings. The number of hydrogen-bond donors (Lipinski definition) is 0. The van der Waals surface area contributed by atoms with Gasteiger partial charge in [-0.1, -0.05) is 54.6 Å². The zero-order valence-electron chi connectivity index (χ0n) is 16.7. The van der Waals surface area contributed by atoms with Crippen LogP contribution >= 0.6 is 7.26 Å². The molecule has 0 heterocycles. The SMILES string of the molecule is CN(C)c1ccc([P+](c2ccccc2)(c2ccccc2)c2ccccc2)cc1.[I-]. The van der Waals surface area contributed by atoms with Gasteiger partial charge in [0.15, 0.2) is 0 Å². The lowest BCUT2D eigenvalue weighted by atomic mass is 10.3. The second-order valence-electron chi connectivity index (χ2n) is 7.09. The summed E-state index contributed by atoms with van der Waals surface area (Å²) in [6, 6.07) is 42.1. The predicted molar refractivity (Wildman–Crippen MR) is 126 cm³/mol. The molecule has 4 rings (SSSR count). The van der Waals surface area contributed by atoms with Gasteiger partial charge in [0.05, 0.1) is 0 Å². The molecule has 0 aliphatic rings. The Morgan fingerprint density at radius 1 is 0.448 bits per heavy atom. The molecule has 0 spiro atoms. The molecule has 0 bridgehead atoms. The van der Waals surface area contributed by atoms with Crippen LogP contribution in [0.1, 0.15) is 0 Å². The van der Waals surface area contributed by atoms with E-state index in [1.165, 1.54) is 26.9 Å². The van der Waals surface area contributed by atoms with Crippen LogP contribution in [0.3, 0.4) is 0 Å². The Hall–Kier alpha value is -2.16. The van der Waals surface area contributed by atoms with Gasteiger partial charge in [-0.3, -0.25) is 0 Å². The molecule has 0 radical (unpaired) electrons. The lowest BCUT2D eigenvalue weighted by Gasteiger charge is -2.28. The fraction of sp³-hybridized carbons (Fsp3) is 0.0769. The Kier molecular flexibility index (Phi) is 7.10. The third-order valence-corrected chi connectivity index (χ3v) is 9.47. The molecule has 1 nitrogen and oxygen atoms in total. The van der Waals surface area contributed by atoms with E-state index in [0.717, 1.165) is 0 Å². The molecule has 0 atom stereocenters. The van der Waals surface area contributed by atoms with E-state index in [0.29, 0.717) is 0 Å². The summed E-state index contributed by atoms with van der Waals surface area (Å²) in [7, 11) is 2.20. The quantitative estimate of drug-likeness (QED) is 0.291. The second kappa shape index (κ2) is 9.56. The molecule has 0 saturated heterocycles. The minimum atomic E-state index is -1.97. The maximum Gasteiger partial charge on any atom is 0.144 e. The fourth-order valence-corrected chi connectivity index (χ4v) is 8.07. The molecule has 0 N–H and O–H groups in total. The lowest BCUT2D eigenvalue weighted by molar-refractivity contribution is -0.00000543. The summed E-state index contributed by atoms with van der Waals surface area (Å²) >= 11 is 0. The van der Waals surface area contributed by atoms with Crippen molar-refractivity contribution in [2.75, 3.05) is 19.0 Å². The molecular formula is C26H25INP. The van der Waals surface area contributed by atoms with E-state index in [1.807, 2.05) is 0 Å². The largest absolute Gasteiger partial charge is 1.00 e. The van der Waals surface area contributed by atoms with Crippen molar-refractivity contribution in [3.8, 4) is 0 Å². The standard InChI is InChI=1S/C26H25NP.HI/c1-27(2)22-18-20-26(21-19-22)28(23-12-6-3-7-13-23,24-14-8-4-9-15-24)25-16-10-5-11-17-25;/h3-21H,1-2H3;1H/q+1;/p-1. The third-order valence-electron chi connectivity index (χ3n) is 5.18. The van der Waals surface area contributed by atoms with Crippen molar-refractivity contribution < 1.29 is 24.0 Å². The Morgan fingerprint density at radius 3 is 1.07 bits per heavy atom. The molecule has 3 heteroatoms. The van der Waals surface area contributed by atoms with Gasteiger partial charge in [-0.25, -0.2) is 0 Å². The molecule has 0 saturated carbocycles. The maximum atomic E-state index is 2.32. The summed E-state index contributed by atoms with van der Waals surface area (Å²) in [6.07, 6.45) is 0. The zero-order chi connectivity index (χ0) is 19.4. The van der Waals surface area contributed by atoms with Gasteiger partial charge in [-0.05, 0) is 60.7 Å². The summed E-state index contributed by atoms with van der Waals surface area (Å²) < 4.78 is 0. The number of nitrogens with zero attached hydrogens (tertiary/aromatic N) is 1. The third kappa shape index (κ3) is 4.10. The van der Waals surface area contributed by atoms with Gasteiger partial charge < -0.3 is 28.9 Å². The summed E-state index contributed by atoms with van der Waals surface area (Å²) in [5.41, 5.74) is 1.22. The van der Waals surface area contributed by atoms with Crippen molar-refractivity contribution in [2.45, 2.75) is 0 Å². The van der Waals surface area contributed by atoms with E-state index in [1.54, 1.807) is 0 Å². The van der Waals surface area contributed by atoms with Crippen LogP contribution < -0.4 is 50.1 Å². The van der Waals surface area contributed by atoms with Gasteiger partial charge >= 0.3 is 0 Å². The van der Waals surface area contributed by atoms with Crippen LogP contribution in [-0.2, 0) is 0 Å². The van der Waals surface area contributed by atoms with Crippen LogP contribution in [0.5, 0.6) is 0 Å². The van der Waals surface area contributed by atoms with Gasteiger partial charge in [0.25, 0.3) is 0 Å². The second-order valence-corrected chi connectivity index (χ2v) is 10.5. The van der Waals surface area contributed by atoms with Gasteiger partial charge in [-0.15, -0.1) is 0 Å². The Morgan fingerprint density at radius 2 is 0.759 bits per heavy atom. The summed E-state index contributed by atoms with van der Waals surface area (Å²) in [6.45, 7) is 0. The van der Waals surface area contributed by atoms with Crippen molar-refractivity contribution in [2.24, 2.45) is 0 Å². The highest BCUT2D eigenvalue weighted by molar-refractivity contribution is 8.01. The molecule has 4 aromatic carbocycles. The zero-order valence-corrected chi connectivity index (χ0v) is 19.8. The lowest BCUT2D eigenvalue weighted by Crippen LogP contribution is -3.00. The molecule has 29 heavy (non-hydrogen) atoms. The molecule has 0 aliphatic heterocycles. The van der Waals surface area contributed by atoms with Crippen LogP contribution in [0.25, 0.3) is 0 Å². The molecular weight excluding hydrogens is 484 g/mol. The molecule has 0 unspecified atom stereocenters. The van der Waals surface area contributed by atoms with Crippen molar-refractivity contribution in [1.82, 2.24) is 0 Å². The first kappa shape index (κ1) is 21.5. The summed E-state index contributed by atoms with van der Waals surface area (Å²) in [5, 5.41) is 5.52. The minimum absolute atomic E-state index is 0. The topological polar surface area (TPSA) is 3.24 Å². The van der Waals surface area contributed by atoms with E-state index >= 15 is 0 Å². The highest BCUT2D eigenvalue weighted by atomic mass is 127. The smallest absolute Gasteiger partial charge is 0.144 e. The fourth-order valence-electron chi connectivity index (χ4n) is 3.82. The highest BCUT2D eigenvalue weighted by Gasteiger charge is 2.47. The van der Waals surface area contributed by atoms with E-state index in [9.17, 15) is 0 Å². The van der Waals surface area contributed by atoms with Gasteiger partial charge in [0.2, 0.25) is 0 Å². The van der Waals surface area contributed by atoms with Gasteiger partial charge in [0.1, 0.15) is 28.5 Å². The minimum Gasteiger partial charge on any atom is -1.00 e. The summed E-state index contributed by atoms with van der Waals surface area (Å²) in [4.78, 5) is 2.15. The van der Waals surface area contributed by atoms with Crippen molar-refractivity contribution in [1.29, 1.82) is 0 Å².